The molecule has 0 radical (unpaired) electrons. The average molecular weight is 473 g/mol. The fourth-order valence-corrected chi connectivity index (χ4v) is 7.00. The lowest BCUT2D eigenvalue weighted by Gasteiger charge is -2.62. The Kier molecular flexibility index (Phi) is 3.31. The van der Waals surface area contributed by atoms with E-state index in [-0.39, 0.29) is 11.8 Å². The molecule has 2 aliphatic carbocycles. The fraction of sp³-hybridized carbons (Fsp3) is 0.611. The van der Waals surface area contributed by atoms with Gasteiger partial charge in [-0.25, -0.2) is 0 Å². The lowest BCUT2D eigenvalue weighted by molar-refractivity contribution is -0.183. The molecule has 1 aromatic rings. The number of aliphatic hydroxyl groups is 1. The van der Waals surface area contributed by atoms with Crippen molar-refractivity contribution in [2.24, 2.45) is 0 Å². The third kappa shape index (κ3) is 1.69. The molecule has 134 valence electrons. The van der Waals surface area contributed by atoms with Gasteiger partial charge in [-0.05, 0) is 44.5 Å². The van der Waals surface area contributed by atoms with E-state index in [9.17, 15) is 9.90 Å². The van der Waals surface area contributed by atoms with Crippen LogP contribution in [-0.4, -0.2) is 59.1 Å². The van der Waals surface area contributed by atoms with Gasteiger partial charge in [0.15, 0.2) is 23.4 Å². The molecule has 1 saturated heterocycles. The van der Waals surface area contributed by atoms with Crippen LogP contribution < -0.4 is 9.47 Å². The Morgan fingerprint density at radius 3 is 2.96 bits per heavy atom. The third-order valence-electron chi connectivity index (χ3n) is 6.82. The van der Waals surface area contributed by atoms with Gasteiger partial charge >= 0.3 is 0 Å². The number of halogens is 2. The first kappa shape index (κ1) is 16.5. The Morgan fingerprint density at radius 1 is 1.48 bits per heavy atom. The van der Waals surface area contributed by atoms with E-state index in [1.54, 1.807) is 7.11 Å². The number of carbonyl (C=O) groups excluding carboxylic acids is 1. The van der Waals surface area contributed by atoms with Crippen LogP contribution in [0, 0.1) is 0 Å². The second-order valence-electron chi connectivity index (χ2n) is 7.66. The van der Waals surface area contributed by atoms with Crippen LogP contribution in [0.3, 0.4) is 0 Å². The summed E-state index contributed by atoms with van der Waals surface area (Å²) in [4.78, 5) is 14.8. The van der Waals surface area contributed by atoms with Gasteiger partial charge in [0.1, 0.15) is 0 Å². The maximum absolute atomic E-state index is 13.0. The minimum atomic E-state index is -1.00. The van der Waals surface area contributed by atoms with Crippen LogP contribution in [0.25, 0.3) is 0 Å². The van der Waals surface area contributed by atoms with Crippen molar-refractivity contribution < 1.29 is 19.4 Å². The van der Waals surface area contributed by atoms with Gasteiger partial charge in [-0.3, -0.25) is 4.79 Å². The summed E-state index contributed by atoms with van der Waals surface area (Å²) in [7, 11) is 3.67. The summed E-state index contributed by atoms with van der Waals surface area (Å²) in [6, 6.07) is 1.88. The first-order chi connectivity index (χ1) is 11.8. The topological polar surface area (TPSA) is 59.0 Å². The molecule has 4 aliphatic rings. The Morgan fingerprint density at radius 2 is 2.24 bits per heavy atom. The van der Waals surface area contributed by atoms with E-state index in [0.29, 0.717) is 24.3 Å². The summed E-state index contributed by atoms with van der Waals surface area (Å²) in [6.45, 7) is 0.834. The van der Waals surface area contributed by atoms with Crippen molar-refractivity contribution in [3.05, 3.63) is 21.7 Å². The van der Waals surface area contributed by atoms with Crippen LogP contribution in [-0.2, 0) is 16.6 Å². The number of hydrogen-bond acceptors (Lipinski definition) is 5. The van der Waals surface area contributed by atoms with E-state index in [4.69, 9.17) is 9.47 Å². The smallest absolute Gasteiger partial charge is 0.187 e. The highest BCUT2D eigenvalue weighted by atomic mass is 79.9. The lowest BCUT2D eigenvalue weighted by atomic mass is 9.49. The predicted molar refractivity (Wildman–Crippen MR) is 98.8 cm³/mol. The van der Waals surface area contributed by atoms with E-state index in [1.807, 2.05) is 6.07 Å². The van der Waals surface area contributed by atoms with Crippen molar-refractivity contribution in [2.75, 3.05) is 20.7 Å². The maximum atomic E-state index is 13.0. The largest absolute Gasteiger partial charge is 0.493 e. The summed E-state index contributed by atoms with van der Waals surface area (Å²) in [5.74, 6) is 1.28. The van der Waals surface area contributed by atoms with E-state index in [0.717, 1.165) is 28.6 Å². The highest BCUT2D eigenvalue weighted by Gasteiger charge is 2.74. The summed E-state index contributed by atoms with van der Waals surface area (Å²) in [6.07, 6.45) is 1.18. The number of benzene rings is 1. The van der Waals surface area contributed by atoms with Gasteiger partial charge in [0.05, 0.1) is 23.0 Å². The van der Waals surface area contributed by atoms with Crippen LogP contribution >= 0.6 is 31.9 Å². The predicted octanol–water partition coefficient (Wildman–Crippen LogP) is 2.18. The van der Waals surface area contributed by atoms with Crippen LogP contribution in [0.5, 0.6) is 11.5 Å². The zero-order chi connectivity index (χ0) is 17.7. The second kappa shape index (κ2) is 5.00. The molecule has 2 bridgehead atoms. The van der Waals surface area contributed by atoms with Gasteiger partial charge in [-0.1, -0.05) is 31.9 Å². The van der Waals surface area contributed by atoms with Crippen molar-refractivity contribution in [3.8, 4) is 11.5 Å². The molecule has 7 heteroatoms. The van der Waals surface area contributed by atoms with Crippen molar-refractivity contribution in [1.82, 2.24) is 4.90 Å². The van der Waals surface area contributed by atoms with E-state index in [2.05, 4.69) is 43.8 Å². The Bertz CT molecular complexity index is 815. The minimum Gasteiger partial charge on any atom is -0.493 e. The van der Waals surface area contributed by atoms with E-state index in [1.165, 1.54) is 0 Å². The molecule has 0 amide bonds. The van der Waals surface area contributed by atoms with E-state index < -0.39 is 21.9 Å². The quantitative estimate of drug-likeness (QED) is 0.635. The van der Waals surface area contributed by atoms with Crippen LogP contribution in [0.1, 0.15) is 24.0 Å². The van der Waals surface area contributed by atoms with Crippen molar-refractivity contribution in [3.63, 3.8) is 0 Å². The van der Waals surface area contributed by atoms with Crippen LogP contribution in [0.4, 0.5) is 0 Å². The number of piperidine rings is 1. The first-order valence-electron chi connectivity index (χ1n) is 8.52. The number of likely N-dealkylation sites (N-methyl/N-ethyl adjacent to an activating group) is 1. The molecule has 5 atom stereocenters. The number of rotatable bonds is 1. The van der Waals surface area contributed by atoms with Gasteiger partial charge in [0.25, 0.3) is 0 Å². The molecule has 1 N–H and O–H groups in total. The fourth-order valence-electron chi connectivity index (χ4n) is 5.70. The number of ketones is 1. The van der Waals surface area contributed by atoms with E-state index >= 15 is 0 Å². The average Bonchev–Trinajstić information content (AvgIpc) is 2.91. The molecule has 0 unspecified atom stereocenters. The zero-order valence-corrected chi connectivity index (χ0v) is 17.2. The minimum absolute atomic E-state index is 0.0233. The maximum Gasteiger partial charge on any atom is 0.187 e. The number of Topliss-reactive ketones (excluding diaryl/α,β-unsaturated/α-hetero) is 1. The Labute approximate surface area is 162 Å². The second-order valence-corrected chi connectivity index (χ2v) is 9.62. The first-order valence-corrected chi connectivity index (χ1v) is 10.2. The SMILES string of the molecule is COc1cc(Br)c2c3c1O[C@H]1C(=O)[C@@H](Br)C[C@@]4(O)[C@@H](C2)N(C)CC[C@]314. The molecular weight excluding hydrogens is 454 g/mol. The normalized spacial score (nSPS) is 41.3. The summed E-state index contributed by atoms with van der Waals surface area (Å²) in [5.41, 5.74) is 0.436. The van der Waals surface area contributed by atoms with Crippen molar-refractivity contribution in [2.45, 2.75) is 47.3 Å². The molecule has 2 heterocycles. The van der Waals surface area contributed by atoms with Crippen molar-refractivity contribution >= 4 is 37.6 Å². The molecule has 2 aliphatic heterocycles. The molecule has 5 rings (SSSR count). The standard InChI is InChI=1S/C18H19Br2NO4/c1-21-4-3-17-13-8-5-12(21)18(17,23)7-10(20)14(22)16(17)25-15(13)11(24-2)6-9(8)19/h6,10,12,16,23H,3-5,7H2,1-2H3/t10-,12+,16-,17-,18+/m0/s1. The molecule has 2 fully saturated rings. The number of methoxy groups -OCH3 is 1. The Balaban J connectivity index is 1.88. The number of hydrogen-bond donors (Lipinski definition) is 1. The number of alkyl halides is 1. The molecular formula is C18H19Br2NO4. The summed E-state index contributed by atoms with van der Waals surface area (Å²) < 4.78 is 12.7. The van der Waals surface area contributed by atoms with Gasteiger partial charge in [0.2, 0.25) is 0 Å². The van der Waals surface area contributed by atoms with Gasteiger partial charge < -0.3 is 19.5 Å². The van der Waals surface area contributed by atoms with Gasteiger partial charge in [-0.15, -0.1) is 0 Å². The molecule has 1 spiro atoms. The van der Waals surface area contributed by atoms with Crippen molar-refractivity contribution in [1.29, 1.82) is 0 Å². The number of ether oxygens (including phenoxy) is 2. The molecule has 25 heavy (non-hydrogen) atoms. The zero-order valence-electron chi connectivity index (χ0n) is 14.0. The number of nitrogens with zero attached hydrogens (tertiary/aromatic N) is 1. The van der Waals surface area contributed by atoms with Crippen LogP contribution in [0.15, 0.2) is 10.5 Å². The van der Waals surface area contributed by atoms with Gasteiger partial charge in [0, 0.05) is 16.1 Å². The van der Waals surface area contributed by atoms with Crippen LogP contribution in [0.2, 0.25) is 0 Å². The third-order valence-corrected chi connectivity index (χ3v) is 8.30. The highest BCUT2D eigenvalue weighted by molar-refractivity contribution is 9.10. The lowest BCUT2D eigenvalue weighted by Crippen LogP contribution is -2.77. The molecule has 0 aromatic heterocycles. The summed E-state index contributed by atoms with van der Waals surface area (Å²) in [5, 5.41) is 12.0. The number of carbonyl (C=O) groups is 1. The molecule has 1 aromatic carbocycles. The van der Waals surface area contributed by atoms with Gasteiger partial charge in [-0.2, -0.15) is 0 Å². The number of likely N-dealkylation sites (tertiary alicyclic amines) is 1. The summed E-state index contributed by atoms with van der Waals surface area (Å²) >= 11 is 7.18. The Hall–Kier alpha value is -0.630. The highest BCUT2D eigenvalue weighted by Crippen LogP contribution is 2.66. The molecule has 5 nitrogen and oxygen atoms in total. The monoisotopic (exact) mass is 471 g/mol. The molecule has 1 saturated carbocycles.